The van der Waals surface area contributed by atoms with Gasteiger partial charge in [-0.1, -0.05) is 44.0 Å². The minimum Gasteiger partial charge on any atom is -0.457 e. The Morgan fingerprint density at radius 3 is 2.26 bits per heavy atom. The fourth-order valence-electron chi connectivity index (χ4n) is 3.57. The standard InChI is InChI=1S/C28H28Cl2N6O3/c1-5-31-26(37)23-15-22(10-11-32-23)39-21-8-6-19(7-9-21)33-27(38)34-25-16-24(28(2,3)4)35-36(25)20-13-17(29)12-18(30)14-20/h6-16H,5H2,1-4H3,(H,31,37)(H2,33,34,38). The van der Waals surface area contributed by atoms with Gasteiger partial charge < -0.3 is 15.4 Å². The molecule has 11 heteroatoms. The molecule has 39 heavy (non-hydrogen) atoms. The number of hydrogen-bond donors (Lipinski definition) is 3. The Kier molecular flexibility index (Phi) is 8.42. The highest BCUT2D eigenvalue weighted by Crippen LogP contribution is 2.29. The first kappa shape index (κ1) is 27.9. The topological polar surface area (TPSA) is 110 Å². The highest BCUT2D eigenvalue weighted by atomic mass is 35.5. The van der Waals surface area contributed by atoms with Crippen molar-refractivity contribution in [2.24, 2.45) is 0 Å². The van der Waals surface area contributed by atoms with Gasteiger partial charge in [0.05, 0.1) is 11.4 Å². The average molecular weight is 567 g/mol. The molecular weight excluding hydrogens is 539 g/mol. The molecule has 9 nitrogen and oxygen atoms in total. The molecular formula is C28H28Cl2N6O3. The highest BCUT2D eigenvalue weighted by Gasteiger charge is 2.22. The molecule has 0 unspecified atom stereocenters. The van der Waals surface area contributed by atoms with Crippen LogP contribution in [0, 0.1) is 0 Å². The van der Waals surface area contributed by atoms with Crippen molar-refractivity contribution >= 4 is 46.6 Å². The lowest BCUT2D eigenvalue weighted by Gasteiger charge is -2.14. The van der Waals surface area contributed by atoms with Gasteiger partial charge in [-0.3, -0.25) is 15.1 Å². The Balaban J connectivity index is 1.47. The Morgan fingerprint density at radius 1 is 0.923 bits per heavy atom. The zero-order valence-corrected chi connectivity index (χ0v) is 23.4. The van der Waals surface area contributed by atoms with Crippen LogP contribution in [0.4, 0.5) is 16.3 Å². The molecule has 0 aliphatic carbocycles. The number of aromatic nitrogens is 3. The number of rotatable bonds is 7. The van der Waals surface area contributed by atoms with Gasteiger partial charge in [-0.15, -0.1) is 0 Å². The number of nitrogens with zero attached hydrogens (tertiary/aromatic N) is 3. The Bertz CT molecular complexity index is 1480. The molecule has 0 bridgehead atoms. The van der Waals surface area contributed by atoms with E-state index < -0.39 is 6.03 Å². The van der Waals surface area contributed by atoms with E-state index in [1.807, 2.05) is 33.8 Å². The van der Waals surface area contributed by atoms with Gasteiger partial charge in [-0.2, -0.15) is 5.10 Å². The van der Waals surface area contributed by atoms with E-state index in [1.54, 1.807) is 59.3 Å². The van der Waals surface area contributed by atoms with E-state index >= 15 is 0 Å². The van der Waals surface area contributed by atoms with Crippen molar-refractivity contribution < 1.29 is 14.3 Å². The predicted molar refractivity (Wildman–Crippen MR) is 154 cm³/mol. The normalized spacial score (nSPS) is 11.1. The first-order valence-corrected chi connectivity index (χ1v) is 12.9. The second kappa shape index (κ2) is 11.8. The van der Waals surface area contributed by atoms with Crippen molar-refractivity contribution in [2.45, 2.75) is 33.1 Å². The molecule has 2 heterocycles. The minimum atomic E-state index is -0.459. The quantitative estimate of drug-likeness (QED) is 0.222. The van der Waals surface area contributed by atoms with Crippen molar-refractivity contribution in [3.63, 3.8) is 0 Å². The summed E-state index contributed by atoms with van der Waals surface area (Å²) in [7, 11) is 0. The summed E-state index contributed by atoms with van der Waals surface area (Å²) in [6, 6.07) is 16.5. The summed E-state index contributed by atoms with van der Waals surface area (Å²) in [5.74, 6) is 1.17. The summed E-state index contributed by atoms with van der Waals surface area (Å²) >= 11 is 12.4. The summed E-state index contributed by atoms with van der Waals surface area (Å²) in [4.78, 5) is 29.0. The molecule has 3 amide bonds. The van der Waals surface area contributed by atoms with E-state index in [0.29, 0.717) is 45.3 Å². The lowest BCUT2D eigenvalue weighted by molar-refractivity contribution is 0.0950. The van der Waals surface area contributed by atoms with Crippen molar-refractivity contribution in [3.8, 4) is 17.2 Å². The third kappa shape index (κ3) is 7.28. The molecule has 0 aliphatic heterocycles. The predicted octanol–water partition coefficient (Wildman–Crippen LogP) is 7.06. The first-order valence-electron chi connectivity index (χ1n) is 12.2. The van der Waals surface area contributed by atoms with Gasteiger partial charge in [0.1, 0.15) is 23.0 Å². The second-order valence-corrected chi connectivity index (χ2v) is 10.5. The van der Waals surface area contributed by atoms with Gasteiger partial charge in [0, 0.05) is 46.0 Å². The van der Waals surface area contributed by atoms with E-state index in [9.17, 15) is 9.59 Å². The number of benzene rings is 2. The maximum atomic E-state index is 12.9. The van der Waals surface area contributed by atoms with Crippen LogP contribution in [-0.2, 0) is 5.41 Å². The van der Waals surface area contributed by atoms with Crippen LogP contribution in [0.5, 0.6) is 11.5 Å². The molecule has 202 valence electrons. The van der Waals surface area contributed by atoms with Crippen LogP contribution in [0.15, 0.2) is 66.9 Å². The van der Waals surface area contributed by atoms with Crippen LogP contribution in [0.25, 0.3) is 5.69 Å². The smallest absolute Gasteiger partial charge is 0.324 e. The lowest BCUT2D eigenvalue weighted by atomic mass is 9.92. The fraction of sp³-hybridized carbons (Fsp3) is 0.214. The first-order chi connectivity index (χ1) is 18.5. The molecule has 0 fully saturated rings. The van der Waals surface area contributed by atoms with E-state index in [2.05, 4.69) is 26.0 Å². The van der Waals surface area contributed by atoms with E-state index in [4.69, 9.17) is 27.9 Å². The maximum absolute atomic E-state index is 12.9. The van der Waals surface area contributed by atoms with Crippen LogP contribution < -0.4 is 20.7 Å². The van der Waals surface area contributed by atoms with Gasteiger partial charge in [-0.05, 0) is 55.5 Å². The van der Waals surface area contributed by atoms with E-state index in [-0.39, 0.29) is 17.0 Å². The van der Waals surface area contributed by atoms with Gasteiger partial charge in [0.15, 0.2) is 0 Å². The summed E-state index contributed by atoms with van der Waals surface area (Å²) in [5.41, 5.74) is 1.95. The maximum Gasteiger partial charge on any atom is 0.324 e. The Hall–Kier alpha value is -4.08. The number of halogens is 2. The number of urea groups is 1. The summed E-state index contributed by atoms with van der Waals surface area (Å²) in [6.45, 7) is 8.43. The lowest BCUT2D eigenvalue weighted by Crippen LogP contribution is -2.23. The summed E-state index contributed by atoms with van der Waals surface area (Å²) < 4.78 is 7.44. The van der Waals surface area contributed by atoms with Crippen molar-refractivity contribution in [1.29, 1.82) is 0 Å². The van der Waals surface area contributed by atoms with E-state index in [0.717, 1.165) is 5.69 Å². The van der Waals surface area contributed by atoms with Crippen molar-refractivity contribution in [2.75, 3.05) is 17.2 Å². The molecule has 2 aromatic carbocycles. The Labute approximate surface area is 236 Å². The third-order valence-electron chi connectivity index (χ3n) is 5.46. The molecule has 4 aromatic rings. The summed E-state index contributed by atoms with van der Waals surface area (Å²) in [6.07, 6.45) is 1.51. The van der Waals surface area contributed by atoms with Crippen molar-refractivity contribution in [3.05, 3.63) is 88.3 Å². The molecule has 0 radical (unpaired) electrons. The largest absolute Gasteiger partial charge is 0.457 e. The number of nitrogens with one attached hydrogen (secondary N) is 3. The van der Waals surface area contributed by atoms with Crippen LogP contribution in [-0.4, -0.2) is 33.2 Å². The number of pyridine rings is 1. The molecule has 0 atom stereocenters. The highest BCUT2D eigenvalue weighted by molar-refractivity contribution is 6.34. The Morgan fingerprint density at radius 2 is 1.62 bits per heavy atom. The third-order valence-corrected chi connectivity index (χ3v) is 5.90. The van der Waals surface area contributed by atoms with Gasteiger partial charge in [0.2, 0.25) is 0 Å². The van der Waals surface area contributed by atoms with Crippen molar-refractivity contribution in [1.82, 2.24) is 20.1 Å². The molecule has 3 N–H and O–H groups in total. The van der Waals surface area contributed by atoms with E-state index in [1.165, 1.54) is 6.20 Å². The van der Waals surface area contributed by atoms with Crippen LogP contribution >= 0.6 is 23.2 Å². The zero-order chi connectivity index (χ0) is 28.2. The van der Waals surface area contributed by atoms with Gasteiger partial charge in [0.25, 0.3) is 5.91 Å². The minimum absolute atomic E-state index is 0.258. The monoisotopic (exact) mass is 566 g/mol. The number of amides is 3. The molecule has 0 spiro atoms. The zero-order valence-electron chi connectivity index (χ0n) is 21.9. The molecule has 0 saturated heterocycles. The number of hydrogen-bond acceptors (Lipinski definition) is 5. The molecule has 0 saturated carbocycles. The number of carbonyl (C=O) groups excluding carboxylic acids is 2. The fourth-order valence-corrected chi connectivity index (χ4v) is 4.08. The van der Waals surface area contributed by atoms with Crippen LogP contribution in [0.1, 0.15) is 43.9 Å². The molecule has 0 aliphatic rings. The molecule has 4 rings (SSSR count). The average Bonchev–Trinajstić information content (AvgIpc) is 3.29. The summed E-state index contributed by atoms with van der Waals surface area (Å²) in [5, 5.41) is 14.0. The number of ether oxygens (including phenoxy) is 1. The van der Waals surface area contributed by atoms with Crippen LogP contribution in [0.2, 0.25) is 10.0 Å². The van der Waals surface area contributed by atoms with Gasteiger partial charge >= 0.3 is 6.03 Å². The second-order valence-electron chi connectivity index (χ2n) is 9.65. The van der Waals surface area contributed by atoms with Gasteiger partial charge in [-0.25, -0.2) is 9.48 Å². The number of anilines is 2. The number of carbonyl (C=O) groups is 2. The molecule has 2 aromatic heterocycles. The SMILES string of the molecule is CCNC(=O)c1cc(Oc2ccc(NC(=O)Nc3cc(C(C)(C)C)nn3-c3cc(Cl)cc(Cl)c3)cc2)ccn1. The van der Waals surface area contributed by atoms with Crippen LogP contribution in [0.3, 0.4) is 0 Å².